The molecule has 3 unspecified atom stereocenters. The molecule has 1 saturated carbocycles. The van der Waals surface area contributed by atoms with Crippen LogP contribution in [0.4, 0.5) is 11.8 Å². The lowest BCUT2D eigenvalue weighted by atomic mass is 8.99. The van der Waals surface area contributed by atoms with E-state index in [0.29, 0.717) is 0 Å². The molecular formula is C16H14B13N5O2. The first kappa shape index (κ1) is 31.2. The van der Waals surface area contributed by atoms with E-state index in [-0.39, 0.29) is 5.95 Å². The van der Waals surface area contributed by atoms with Crippen molar-refractivity contribution >= 4 is 125 Å². The molecule has 0 aromatic carbocycles. The number of nitrogens with one attached hydrogen (secondary N) is 2. The van der Waals surface area contributed by atoms with Gasteiger partial charge in [-0.2, -0.15) is 4.98 Å². The standard InChI is InChI=1S/C16H14B13N5O2/c1-9(2,3)34-8-31-5(17)4(6(30)35)7(32-8)33-14(25)12(21,22)11(19,20)10(18,16(27,28)29)15(26,36)13(14,23)24/h36H,1-3H3,(H2,30,35)(H2,31,32,33,34). The molecule has 1 aromatic heterocycles. The van der Waals surface area contributed by atoms with Crippen molar-refractivity contribution in [3.05, 3.63) is 5.56 Å². The molecule has 1 fully saturated rings. The minimum absolute atomic E-state index is 0.0981. The topological polar surface area (TPSA) is 113 Å². The molecule has 2 rings (SSSR count). The van der Waals surface area contributed by atoms with Crippen molar-refractivity contribution < 1.29 is 9.90 Å². The molecule has 1 aliphatic carbocycles. The number of nitrogens with two attached hydrogens (primary N) is 1. The molecule has 1 aliphatic rings. The van der Waals surface area contributed by atoms with Crippen LogP contribution >= 0.6 is 0 Å². The molecule has 154 valence electrons. The summed E-state index contributed by atoms with van der Waals surface area (Å²) in [6, 6.07) is 0. The number of carbonyl (C=O) groups is 1. The predicted octanol–water partition coefficient (Wildman–Crippen LogP) is -5.01. The Morgan fingerprint density at radius 3 is 1.75 bits per heavy atom. The quantitative estimate of drug-likeness (QED) is 0.336. The molecular weight excluding hydrogens is 435 g/mol. The maximum atomic E-state index is 12.2. The molecule has 0 aliphatic heterocycles. The maximum Gasteiger partial charge on any atom is 0.253 e. The van der Waals surface area contributed by atoms with Crippen LogP contribution in [0.1, 0.15) is 31.1 Å². The highest BCUT2D eigenvalue weighted by atomic mass is 16.3. The molecule has 26 radical (unpaired) electrons. The van der Waals surface area contributed by atoms with Gasteiger partial charge in [0.05, 0.1) is 84.0 Å². The van der Waals surface area contributed by atoms with E-state index in [4.69, 9.17) is 108 Å². The second kappa shape index (κ2) is 8.48. The predicted molar refractivity (Wildman–Crippen MR) is 153 cm³/mol. The van der Waals surface area contributed by atoms with E-state index in [1.165, 1.54) is 0 Å². The Balaban J connectivity index is 2.92. The van der Waals surface area contributed by atoms with Crippen LogP contribution in [0.3, 0.4) is 0 Å². The highest BCUT2D eigenvalue weighted by Gasteiger charge is 2.74. The third-order valence-electron chi connectivity index (χ3n) is 6.54. The van der Waals surface area contributed by atoms with Crippen LogP contribution in [0.25, 0.3) is 0 Å². The summed E-state index contributed by atoms with van der Waals surface area (Å²) >= 11 is 0. The zero-order valence-corrected chi connectivity index (χ0v) is 20.3. The average Bonchev–Trinajstić information content (AvgIpc) is 2.62. The van der Waals surface area contributed by atoms with E-state index in [1.54, 1.807) is 20.8 Å². The summed E-state index contributed by atoms with van der Waals surface area (Å²) < 4.78 is 0. The third-order valence-corrected chi connectivity index (χ3v) is 6.54. The summed E-state index contributed by atoms with van der Waals surface area (Å²) in [5, 5.41) is 2.62. The van der Waals surface area contributed by atoms with Gasteiger partial charge in [-0.15, -0.1) is 10.3 Å². The van der Waals surface area contributed by atoms with Crippen molar-refractivity contribution in [1.82, 2.24) is 9.97 Å². The first-order chi connectivity index (χ1) is 15.6. The number of carbonyl (C=O) groups excluding carboxylic acids is 1. The molecule has 0 spiro atoms. The molecule has 7 nitrogen and oxygen atoms in total. The number of aliphatic hydroxyl groups is 1. The van der Waals surface area contributed by atoms with Crippen LogP contribution in [0.5, 0.6) is 0 Å². The van der Waals surface area contributed by atoms with Gasteiger partial charge in [-0.1, -0.05) is 15.7 Å². The van der Waals surface area contributed by atoms with Gasteiger partial charge in [0.15, 0.2) is 0 Å². The van der Waals surface area contributed by atoms with Gasteiger partial charge >= 0.3 is 0 Å². The largest absolute Gasteiger partial charge is 0.401 e. The highest BCUT2D eigenvalue weighted by Crippen LogP contribution is 2.81. The fourth-order valence-corrected chi connectivity index (χ4v) is 4.22. The summed E-state index contributed by atoms with van der Waals surface area (Å²) in [7, 11) is 79.6. The Morgan fingerprint density at radius 2 is 1.36 bits per heavy atom. The fourth-order valence-electron chi connectivity index (χ4n) is 4.22. The van der Waals surface area contributed by atoms with Crippen LogP contribution in [0.2, 0.25) is 26.1 Å². The van der Waals surface area contributed by atoms with Crippen molar-refractivity contribution in [1.29, 1.82) is 0 Å². The Morgan fingerprint density at radius 1 is 0.889 bits per heavy atom. The van der Waals surface area contributed by atoms with E-state index in [9.17, 15) is 9.90 Å². The lowest BCUT2D eigenvalue weighted by molar-refractivity contribution is 0.000676. The number of rotatable bonds is 5. The molecule has 5 N–H and O–H groups in total. The Kier molecular flexibility index (Phi) is 7.34. The summed E-state index contributed by atoms with van der Waals surface area (Å²) in [6.07, 6.45) is 0. The zero-order valence-electron chi connectivity index (χ0n) is 20.3. The number of hydrogen-bond donors (Lipinski definition) is 4. The van der Waals surface area contributed by atoms with Crippen LogP contribution < -0.4 is 22.0 Å². The molecule has 1 amide bonds. The van der Waals surface area contributed by atoms with Gasteiger partial charge in [0, 0.05) is 16.6 Å². The van der Waals surface area contributed by atoms with Crippen molar-refractivity contribution in [2.24, 2.45) is 5.73 Å². The maximum absolute atomic E-state index is 12.2. The van der Waals surface area contributed by atoms with Crippen LogP contribution in [0.15, 0.2) is 0 Å². The lowest BCUT2D eigenvalue weighted by Crippen LogP contribution is -2.81. The molecule has 0 saturated heterocycles. The fraction of sp³-hybridized carbons (Fsp3) is 0.688. The zero-order chi connectivity index (χ0) is 28.7. The number of nitrogens with zero attached hydrogens (tertiary/aromatic N) is 2. The Hall–Kier alpha value is -1.05. The van der Waals surface area contributed by atoms with Crippen molar-refractivity contribution in [2.45, 2.75) is 63.3 Å². The van der Waals surface area contributed by atoms with E-state index < -0.39 is 65.4 Å². The van der Waals surface area contributed by atoms with E-state index in [2.05, 4.69) is 20.6 Å². The highest BCUT2D eigenvalue weighted by molar-refractivity contribution is 6.70. The first-order valence-electron chi connectivity index (χ1n) is 10.4. The second-order valence-corrected chi connectivity index (χ2v) is 10.4. The van der Waals surface area contributed by atoms with Crippen LogP contribution in [-0.2, 0) is 0 Å². The third kappa shape index (κ3) is 3.98. The second-order valence-electron chi connectivity index (χ2n) is 10.4. The van der Waals surface area contributed by atoms with Gasteiger partial charge in [-0.05, 0) is 26.2 Å². The molecule has 1 heterocycles. The smallest absolute Gasteiger partial charge is 0.253 e. The number of primary amides is 1. The van der Waals surface area contributed by atoms with Gasteiger partial charge < -0.3 is 21.5 Å². The summed E-state index contributed by atoms with van der Waals surface area (Å²) in [6.45, 7) is 5.36. The van der Waals surface area contributed by atoms with E-state index in [0.717, 1.165) is 0 Å². The van der Waals surface area contributed by atoms with Gasteiger partial charge in [0.25, 0.3) is 5.91 Å². The number of amides is 1. The van der Waals surface area contributed by atoms with Crippen molar-refractivity contribution in [3.8, 4) is 0 Å². The number of hydrogen-bond acceptors (Lipinski definition) is 6. The van der Waals surface area contributed by atoms with Gasteiger partial charge in [0.2, 0.25) is 5.95 Å². The van der Waals surface area contributed by atoms with E-state index >= 15 is 0 Å². The minimum Gasteiger partial charge on any atom is -0.401 e. The SMILES string of the molecule is [B]c1nc(NC(C)(C)C)nc(NC2([B])C([B])([B])C([B])([B])C([B])(C([B])([B])[B])C([B])(O)C2([B])[B])c1C(N)=O. The summed E-state index contributed by atoms with van der Waals surface area (Å²) in [5.74, 6) is -1.69. The molecule has 20 heteroatoms. The molecule has 3 atom stereocenters. The molecule has 36 heavy (non-hydrogen) atoms. The van der Waals surface area contributed by atoms with Crippen LogP contribution in [-0.4, -0.2) is 139 Å². The van der Waals surface area contributed by atoms with Gasteiger partial charge in [-0.25, -0.2) is 4.98 Å². The lowest BCUT2D eigenvalue weighted by Gasteiger charge is -2.83. The monoisotopic (exact) mass is 451 g/mol. The Labute approximate surface area is 230 Å². The van der Waals surface area contributed by atoms with Crippen molar-refractivity contribution in [2.75, 3.05) is 10.6 Å². The van der Waals surface area contributed by atoms with Gasteiger partial charge in [0.1, 0.15) is 29.4 Å². The molecule has 0 bridgehead atoms. The minimum atomic E-state index is -3.22. The summed E-state index contributed by atoms with van der Waals surface area (Å²) in [5.41, 5.74) is -1.99. The number of aromatic nitrogens is 2. The van der Waals surface area contributed by atoms with Gasteiger partial charge in [-0.3, -0.25) is 4.79 Å². The van der Waals surface area contributed by atoms with E-state index in [1.807, 2.05) is 0 Å². The normalized spacial score (nSPS) is 31.2. The molecule has 1 aromatic rings. The number of anilines is 2. The first-order valence-corrected chi connectivity index (χ1v) is 10.4. The Bertz CT molecular complexity index is 1040. The summed E-state index contributed by atoms with van der Waals surface area (Å²) in [4.78, 5) is 20.4. The van der Waals surface area contributed by atoms with Crippen LogP contribution in [0, 0.1) is 0 Å². The average molecular weight is 449 g/mol. The van der Waals surface area contributed by atoms with Crippen molar-refractivity contribution in [3.63, 3.8) is 0 Å².